The Labute approximate surface area is 159 Å². The summed E-state index contributed by atoms with van der Waals surface area (Å²) in [7, 11) is 0. The lowest BCUT2D eigenvalue weighted by atomic mass is 10.2. The summed E-state index contributed by atoms with van der Waals surface area (Å²) in [6.07, 6.45) is 1.47. The topological polar surface area (TPSA) is 72.5 Å². The predicted molar refractivity (Wildman–Crippen MR) is 99.3 cm³/mol. The summed E-state index contributed by atoms with van der Waals surface area (Å²) in [5.41, 5.74) is 1.18. The molecule has 3 aromatic rings. The number of rotatable bonds is 4. The fourth-order valence-corrected chi connectivity index (χ4v) is 2.69. The molecule has 8 heteroatoms. The maximum Gasteiger partial charge on any atom is 0.255 e. The first-order valence-electron chi connectivity index (χ1n) is 8.47. The van der Waals surface area contributed by atoms with Crippen molar-refractivity contribution in [3.05, 3.63) is 71.9 Å². The number of pyridine rings is 1. The summed E-state index contributed by atoms with van der Waals surface area (Å²) in [6.45, 7) is 0.991. The van der Waals surface area contributed by atoms with Gasteiger partial charge in [0.15, 0.2) is 23.1 Å². The zero-order chi connectivity index (χ0) is 19.5. The van der Waals surface area contributed by atoms with Gasteiger partial charge in [-0.3, -0.25) is 4.79 Å². The lowest BCUT2D eigenvalue weighted by Gasteiger charge is -2.19. The third-order valence-corrected chi connectivity index (χ3v) is 4.01. The molecule has 2 heterocycles. The first kappa shape index (κ1) is 17.7. The van der Waals surface area contributed by atoms with Crippen molar-refractivity contribution in [1.29, 1.82) is 0 Å². The molecule has 0 saturated heterocycles. The molecule has 142 valence electrons. The van der Waals surface area contributed by atoms with Crippen LogP contribution < -0.4 is 20.1 Å². The monoisotopic (exact) mass is 383 g/mol. The number of aromatic nitrogens is 1. The molecule has 4 rings (SSSR count). The average Bonchev–Trinajstić information content (AvgIpc) is 2.71. The van der Waals surface area contributed by atoms with Crippen LogP contribution in [0, 0.1) is 11.6 Å². The second-order valence-electron chi connectivity index (χ2n) is 6.00. The van der Waals surface area contributed by atoms with Crippen LogP contribution in [0.5, 0.6) is 11.5 Å². The van der Waals surface area contributed by atoms with E-state index in [1.165, 1.54) is 18.3 Å². The molecular weight excluding hydrogens is 368 g/mol. The van der Waals surface area contributed by atoms with E-state index in [1.54, 1.807) is 18.2 Å². The van der Waals surface area contributed by atoms with Crippen molar-refractivity contribution >= 4 is 23.1 Å². The van der Waals surface area contributed by atoms with Gasteiger partial charge < -0.3 is 20.1 Å². The van der Waals surface area contributed by atoms with E-state index in [4.69, 9.17) is 9.47 Å². The highest BCUT2D eigenvalue weighted by Gasteiger charge is 2.13. The Morgan fingerprint density at radius 3 is 2.50 bits per heavy atom. The number of ether oxygens (including phenoxy) is 2. The third-order valence-electron chi connectivity index (χ3n) is 4.01. The number of hydrogen-bond donors (Lipinski definition) is 2. The molecule has 0 aliphatic carbocycles. The first-order valence-corrected chi connectivity index (χ1v) is 8.47. The molecule has 28 heavy (non-hydrogen) atoms. The maximum absolute atomic E-state index is 13.3. The summed E-state index contributed by atoms with van der Waals surface area (Å²) in [5, 5.41) is 5.61. The molecule has 2 aromatic carbocycles. The fraction of sp³-hybridized carbons (Fsp3) is 0.100. The predicted octanol–water partition coefficient (Wildman–Crippen LogP) is 4.13. The quantitative estimate of drug-likeness (QED) is 0.709. The SMILES string of the molecule is O=C(Nc1ccc(F)c(F)c1)c1ccnc(Nc2ccc3c(c2)OCCO3)c1. The van der Waals surface area contributed by atoms with Gasteiger partial charge in [-0.15, -0.1) is 0 Å². The molecule has 0 spiro atoms. The van der Waals surface area contributed by atoms with E-state index in [1.807, 2.05) is 6.07 Å². The molecule has 0 saturated carbocycles. The number of anilines is 3. The number of carbonyl (C=O) groups excluding carboxylic acids is 1. The van der Waals surface area contributed by atoms with Gasteiger partial charge in [-0.05, 0) is 36.4 Å². The van der Waals surface area contributed by atoms with Gasteiger partial charge >= 0.3 is 0 Å². The van der Waals surface area contributed by atoms with Crippen molar-refractivity contribution in [1.82, 2.24) is 4.98 Å². The van der Waals surface area contributed by atoms with E-state index in [2.05, 4.69) is 15.6 Å². The van der Waals surface area contributed by atoms with Crippen LogP contribution in [0.1, 0.15) is 10.4 Å². The van der Waals surface area contributed by atoms with Gasteiger partial charge in [-0.2, -0.15) is 0 Å². The highest BCUT2D eigenvalue weighted by Crippen LogP contribution is 2.33. The van der Waals surface area contributed by atoms with Crippen LogP contribution in [0.25, 0.3) is 0 Å². The van der Waals surface area contributed by atoms with Crippen LogP contribution in [0.4, 0.5) is 26.0 Å². The Morgan fingerprint density at radius 2 is 1.68 bits per heavy atom. The van der Waals surface area contributed by atoms with Crippen molar-refractivity contribution < 1.29 is 23.0 Å². The Bertz CT molecular complexity index is 1040. The standard InChI is InChI=1S/C20H15F2N3O3/c21-15-3-1-13(10-16(15)22)25-20(26)12-5-6-23-19(9-12)24-14-2-4-17-18(11-14)28-8-7-27-17/h1-6,9-11H,7-8H2,(H,23,24)(H,25,26). The minimum atomic E-state index is -1.03. The zero-order valence-electron chi connectivity index (χ0n) is 14.5. The zero-order valence-corrected chi connectivity index (χ0v) is 14.5. The van der Waals surface area contributed by atoms with Crippen molar-refractivity contribution in [3.8, 4) is 11.5 Å². The van der Waals surface area contributed by atoms with Crippen molar-refractivity contribution in [2.24, 2.45) is 0 Å². The maximum atomic E-state index is 13.3. The molecule has 1 aliphatic heterocycles. The fourth-order valence-electron chi connectivity index (χ4n) is 2.69. The number of hydrogen-bond acceptors (Lipinski definition) is 5. The van der Waals surface area contributed by atoms with Crippen molar-refractivity contribution in [2.45, 2.75) is 0 Å². The number of nitrogens with zero attached hydrogens (tertiary/aromatic N) is 1. The van der Waals surface area contributed by atoms with Gasteiger partial charge in [0.2, 0.25) is 0 Å². The van der Waals surface area contributed by atoms with Crippen LogP contribution in [-0.2, 0) is 0 Å². The lowest BCUT2D eigenvalue weighted by molar-refractivity contribution is 0.102. The van der Waals surface area contributed by atoms with Gasteiger partial charge in [-0.25, -0.2) is 13.8 Å². The highest BCUT2D eigenvalue weighted by atomic mass is 19.2. The molecule has 6 nitrogen and oxygen atoms in total. The van der Waals surface area contributed by atoms with E-state index < -0.39 is 17.5 Å². The van der Waals surface area contributed by atoms with Gasteiger partial charge in [0.25, 0.3) is 5.91 Å². The van der Waals surface area contributed by atoms with E-state index in [0.29, 0.717) is 36.1 Å². The number of carbonyl (C=O) groups is 1. The summed E-state index contributed by atoms with van der Waals surface area (Å²) in [5.74, 6) is -0.748. The Balaban J connectivity index is 1.49. The largest absolute Gasteiger partial charge is 0.486 e. The van der Waals surface area contributed by atoms with E-state index in [0.717, 1.165) is 17.8 Å². The second-order valence-corrected chi connectivity index (χ2v) is 6.00. The molecule has 0 bridgehead atoms. The molecule has 1 aliphatic rings. The Hall–Kier alpha value is -3.68. The normalized spacial score (nSPS) is 12.4. The minimum Gasteiger partial charge on any atom is -0.486 e. The molecular formula is C20H15F2N3O3. The summed E-state index contributed by atoms with van der Waals surface area (Å²) in [6, 6.07) is 11.6. The van der Waals surface area contributed by atoms with Crippen molar-refractivity contribution in [2.75, 3.05) is 23.8 Å². The number of fused-ring (bicyclic) bond motifs is 1. The van der Waals surface area contributed by atoms with Gasteiger partial charge in [0.1, 0.15) is 19.0 Å². The van der Waals surface area contributed by atoms with E-state index in [-0.39, 0.29) is 5.69 Å². The first-order chi connectivity index (χ1) is 13.6. The summed E-state index contributed by atoms with van der Waals surface area (Å²) in [4.78, 5) is 16.6. The van der Waals surface area contributed by atoms with E-state index in [9.17, 15) is 13.6 Å². The van der Waals surface area contributed by atoms with Crippen LogP contribution in [0.15, 0.2) is 54.7 Å². The van der Waals surface area contributed by atoms with Gasteiger partial charge in [-0.1, -0.05) is 0 Å². The second kappa shape index (κ2) is 7.51. The lowest BCUT2D eigenvalue weighted by Crippen LogP contribution is -2.15. The average molecular weight is 383 g/mol. The van der Waals surface area contributed by atoms with Crippen LogP contribution >= 0.6 is 0 Å². The number of nitrogens with one attached hydrogen (secondary N) is 2. The number of halogens is 2. The smallest absolute Gasteiger partial charge is 0.255 e. The summed E-state index contributed by atoms with van der Waals surface area (Å²) >= 11 is 0. The minimum absolute atomic E-state index is 0.155. The number of benzene rings is 2. The van der Waals surface area contributed by atoms with Crippen molar-refractivity contribution in [3.63, 3.8) is 0 Å². The third kappa shape index (κ3) is 3.85. The van der Waals surface area contributed by atoms with Crippen LogP contribution in [0.3, 0.4) is 0 Å². The molecule has 2 N–H and O–H groups in total. The Morgan fingerprint density at radius 1 is 0.893 bits per heavy atom. The Kier molecular flexibility index (Phi) is 4.76. The molecule has 0 unspecified atom stereocenters. The number of amides is 1. The van der Waals surface area contributed by atoms with Crippen LogP contribution in [0.2, 0.25) is 0 Å². The molecule has 1 aromatic heterocycles. The molecule has 0 atom stereocenters. The van der Waals surface area contributed by atoms with Gasteiger partial charge in [0, 0.05) is 35.3 Å². The summed E-state index contributed by atoms with van der Waals surface area (Å²) < 4.78 is 37.3. The molecule has 0 radical (unpaired) electrons. The van der Waals surface area contributed by atoms with E-state index >= 15 is 0 Å². The molecule has 0 fully saturated rings. The van der Waals surface area contributed by atoms with Gasteiger partial charge in [0.05, 0.1) is 0 Å². The molecule has 1 amide bonds. The van der Waals surface area contributed by atoms with Crippen LogP contribution in [-0.4, -0.2) is 24.1 Å². The highest BCUT2D eigenvalue weighted by molar-refractivity contribution is 6.04.